The van der Waals surface area contributed by atoms with E-state index in [4.69, 9.17) is 15.2 Å². The highest BCUT2D eigenvalue weighted by atomic mass is 32.2. The van der Waals surface area contributed by atoms with Crippen LogP contribution in [0.15, 0.2) is 60.7 Å². The third-order valence-corrected chi connectivity index (χ3v) is 8.24. The number of morpholine rings is 1. The summed E-state index contributed by atoms with van der Waals surface area (Å²) >= 11 is 0. The lowest BCUT2D eigenvalue weighted by Gasteiger charge is -2.36. The summed E-state index contributed by atoms with van der Waals surface area (Å²) < 4.78 is 34.1. The van der Waals surface area contributed by atoms with E-state index in [0.717, 1.165) is 16.0 Å². The lowest BCUT2D eigenvalue weighted by Crippen LogP contribution is -2.59. The van der Waals surface area contributed by atoms with Crippen molar-refractivity contribution in [3.63, 3.8) is 0 Å². The molecule has 0 aliphatic carbocycles. The van der Waals surface area contributed by atoms with Gasteiger partial charge >= 0.3 is 6.09 Å². The van der Waals surface area contributed by atoms with Gasteiger partial charge in [0.25, 0.3) is 0 Å². The number of nitrogens with one attached hydrogen (secondary N) is 2. The van der Waals surface area contributed by atoms with Gasteiger partial charge in [-0.05, 0) is 51.2 Å². The number of amides is 3. The zero-order valence-corrected chi connectivity index (χ0v) is 27.9. The third-order valence-electron chi connectivity index (χ3n) is 7.52. The Morgan fingerprint density at radius 3 is 1.96 bits per heavy atom. The fraction of sp³-hybridized carbons (Fsp3) is 0.515. The number of nitrogens with two attached hydrogens (primary N) is 1. The van der Waals surface area contributed by atoms with Gasteiger partial charge in [0, 0.05) is 5.41 Å². The molecule has 0 saturated carbocycles. The number of carbonyl (C=O) groups is 3. The van der Waals surface area contributed by atoms with Crippen LogP contribution in [0.4, 0.5) is 4.79 Å². The highest BCUT2D eigenvalue weighted by Gasteiger charge is 2.39. The lowest BCUT2D eigenvalue weighted by molar-refractivity contribution is -0.139. The number of aliphatic hydroxyl groups excluding tert-OH is 1. The van der Waals surface area contributed by atoms with E-state index in [1.54, 1.807) is 34.6 Å². The Hall–Kier alpha value is -3.78. The highest BCUT2D eigenvalue weighted by molar-refractivity contribution is 7.73. The monoisotopic (exact) mass is 658 g/mol. The summed E-state index contributed by atoms with van der Waals surface area (Å²) in [5.74, 6) is -1.11. The normalized spacial score (nSPS) is 16.5. The van der Waals surface area contributed by atoms with Crippen molar-refractivity contribution in [2.24, 2.45) is 11.1 Å². The van der Waals surface area contributed by atoms with Crippen molar-refractivity contribution in [2.75, 3.05) is 19.8 Å². The first-order valence-electron chi connectivity index (χ1n) is 15.2. The van der Waals surface area contributed by atoms with Crippen LogP contribution in [0.2, 0.25) is 0 Å². The van der Waals surface area contributed by atoms with E-state index in [1.165, 1.54) is 0 Å². The predicted octanol–water partition coefficient (Wildman–Crippen LogP) is 1.82. The molecule has 1 saturated heterocycles. The molecule has 2 aromatic carbocycles. The number of aliphatic hydroxyl groups is 1. The second-order valence-electron chi connectivity index (χ2n) is 13.1. The average Bonchev–Trinajstić information content (AvgIpc) is 2.99. The molecule has 252 valence electrons. The van der Waals surface area contributed by atoms with E-state index in [-0.39, 0.29) is 44.0 Å². The largest absolute Gasteiger partial charge is 0.444 e. The topological polar surface area (TPSA) is 177 Å². The van der Waals surface area contributed by atoms with Gasteiger partial charge in [-0.3, -0.25) is 14.5 Å². The van der Waals surface area contributed by atoms with Crippen molar-refractivity contribution in [3.05, 3.63) is 71.8 Å². The minimum atomic E-state index is -2.65. The summed E-state index contributed by atoms with van der Waals surface area (Å²) in [5, 5.41) is 17.4. The standard InChI is InChI=1S/C33H46N4O8S/c1-32(2,3)45-31(41)36-26(19-23-14-10-7-11-15-23)28(38)25(18-22-12-8-6-9-13-22)35-29(39)24(34)20-33(4,5)30(40)37-16-17-44-21-27(37)46(42)43/h6-15,24-26,28,38H,16-21,34H2,1-5H3,(H,35,39)(H,36,41)/t24-,25?,26?,28?/m0/s1. The van der Waals surface area contributed by atoms with E-state index in [0.29, 0.717) is 0 Å². The number of ether oxygens (including phenoxy) is 2. The average molecular weight is 659 g/mol. The van der Waals surface area contributed by atoms with Crippen LogP contribution in [0.1, 0.15) is 52.2 Å². The van der Waals surface area contributed by atoms with E-state index in [1.807, 2.05) is 60.7 Å². The summed E-state index contributed by atoms with van der Waals surface area (Å²) in [6.45, 7) is 8.42. The molecule has 3 amide bonds. The van der Waals surface area contributed by atoms with Crippen LogP contribution in [0, 0.1) is 5.41 Å². The Morgan fingerprint density at radius 2 is 1.46 bits per heavy atom. The van der Waals surface area contributed by atoms with Gasteiger partial charge in [0.05, 0.1) is 37.4 Å². The Labute approximate surface area is 272 Å². The number of hydrogen-bond donors (Lipinski definition) is 4. The molecule has 1 fully saturated rings. The van der Waals surface area contributed by atoms with Gasteiger partial charge < -0.3 is 30.9 Å². The fourth-order valence-corrected chi connectivity index (χ4v) is 5.78. The molecule has 46 heavy (non-hydrogen) atoms. The van der Waals surface area contributed by atoms with Gasteiger partial charge in [0.1, 0.15) is 12.2 Å². The van der Waals surface area contributed by atoms with Crippen molar-refractivity contribution in [1.29, 1.82) is 0 Å². The lowest BCUT2D eigenvalue weighted by atomic mass is 9.83. The summed E-state index contributed by atoms with van der Waals surface area (Å²) in [5.41, 5.74) is 6.04. The van der Waals surface area contributed by atoms with Crippen LogP contribution < -0.4 is 16.4 Å². The second kappa shape index (κ2) is 16.2. The summed E-state index contributed by atoms with van der Waals surface area (Å²) in [4.78, 5) is 40.9. The number of alkyl carbamates (subject to hydrolysis) is 1. The molecule has 0 spiro atoms. The smallest absolute Gasteiger partial charge is 0.407 e. The number of rotatable bonds is 12. The Morgan fingerprint density at radius 1 is 0.935 bits per heavy atom. The maximum atomic E-state index is 13.6. The van der Waals surface area contributed by atoms with Gasteiger partial charge in [-0.15, -0.1) is 0 Å². The quantitative estimate of drug-likeness (QED) is 0.248. The van der Waals surface area contributed by atoms with Crippen molar-refractivity contribution in [2.45, 2.75) is 83.7 Å². The van der Waals surface area contributed by atoms with Crippen molar-refractivity contribution < 1.29 is 37.4 Å². The molecule has 0 radical (unpaired) electrons. The zero-order valence-electron chi connectivity index (χ0n) is 27.1. The van der Waals surface area contributed by atoms with E-state index in [9.17, 15) is 27.9 Å². The molecule has 1 aliphatic heterocycles. The van der Waals surface area contributed by atoms with E-state index in [2.05, 4.69) is 10.6 Å². The van der Waals surface area contributed by atoms with E-state index < -0.39 is 63.4 Å². The van der Waals surface area contributed by atoms with Gasteiger partial charge in [-0.2, -0.15) is 8.42 Å². The molecule has 1 aliphatic rings. The predicted molar refractivity (Wildman–Crippen MR) is 174 cm³/mol. The summed E-state index contributed by atoms with van der Waals surface area (Å²) in [7, 11) is -2.65. The van der Waals surface area contributed by atoms with Crippen LogP contribution in [0.3, 0.4) is 0 Å². The number of benzene rings is 2. The van der Waals surface area contributed by atoms with Crippen molar-refractivity contribution >= 4 is 33.2 Å². The molecular weight excluding hydrogens is 612 g/mol. The minimum Gasteiger partial charge on any atom is -0.444 e. The van der Waals surface area contributed by atoms with Crippen LogP contribution in [0.25, 0.3) is 0 Å². The molecule has 1 heterocycles. The molecule has 0 bridgehead atoms. The first-order valence-corrected chi connectivity index (χ1v) is 16.3. The maximum absolute atomic E-state index is 13.6. The van der Waals surface area contributed by atoms with Gasteiger partial charge in [0.15, 0.2) is 4.99 Å². The Kier molecular flexibility index (Phi) is 12.9. The fourth-order valence-electron chi connectivity index (χ4n) is 5.25. The number of carbonyl (C=O) groups excluding carboxylic acids is 3. The summed E-state index contributed by atoms with van der Waals surface area (Å²) in [6, 6.07) is 15.6. The van der Waals surface area contributed by atoms with Gasteiger partial charge in [0.2, 0.25) is 22.1 Å². The minimum absolute atomic E-state index is 0.0613. The van der Waals surface area contributed by atoms with Crippen molar-refractivity contribution in [1.82, 2.24) is 15.5 Å². The first-order chi connectivity index (χ1) is 21.6. The van der Waals surface area contributed by atoms with Gasteiger partial charge in [-0.1, -0.05) is 74.5 Å². The highest BCUT2D eigenvalue weighted by Crippen LogP contribution is 2.26. The summed E-state index contributed by atoms with van der Waals surface area (Å²) in [6.07, 6.45) is -1.64. The van der Waals surface area contributed by atoms with Crippen LogP contribution >= 0.6 is 0 Å². The Balaban J connectivity index is 1.84. The molecule has 4 atom stereocenters. The molecule has 13 heteroatoms. The zero-order chi connectivity index (χ0) is 34.1. The molecule has 2 aromatic rings. The van der Waals surface area contributed by atoms with Crippen LogP contribution in [-0.2, 0) is 42.2 Å². The molecular formula is C33H46N4O8S. The third kappa shape index (κ3) is 10.9. The second-order valence-corrected chi connectivity index (χ2v) is 14.0. The van der Waals surface area contributed by atoms with Crippen molar-refractivity contribution in [3.8, 4) is 0 Å². The van der Waals surface area contributed by atoms with Crippen LogP contribution in [0.5, 0.6) is 0 Å². The molecule has 0 aromatic heterocycles. The molecule has 5 N–H and O–H groups in total. The maximum Gasteiger partial charge on any atom is 0.407 e. The molecule has 3 unspecified atom stereocenters. The van der Waals surface area contributed by atoms with Crippen LogP contribution in [-0.4, -0.2) is 90.9 Å². The number of hydrogen-bond acceptors (Lipinski definition) is 9. The first kappa shape index (κ1) is 36.7. The Bertz CT molecular complexity index is 1470. The van der Waals surface area contributed by atoms with E-state index >= 15 is 0 Å². The SMILES string of the molecule is CC(C)(C)OC(=O)NC(Cc1ccccc1)C(O)C(Cc1ccccc1)NC(=O)[C@@H](N)CC(C)(C)C(=O)N1CCOCC1=S(=O)=O. The molecule has 12 nitrogen and oxygen atoms in total. The molecule has 3 rings (SSSR count). The van der Waals surface area contributed by atoms with Gasteiger partial charge in [-0.25, -0.2) is 4.79 Å². The number of nitrogens with zero attached hydrogens (tertiary/aromatic N) is 1.